The normalized spacial score (nSPS) is 20.8. The van der Waals surface area contributed by atoms with Gasteiger partial charge in [0, 0.05) is 13.0 Å². The Morgan fingerprint density at radius 1 is 1.30 bits per heavy atom. The molecule has 0 bridgehead atoms. The van der Waals surface area contributed by atoms with Crippen LogP contribution in [0.4, 0.5) is 4.79 Å². The number of nitrogens with one attached hydrogen (secondary N) is 1. The van der Waals surface area contributed by atoms with Gasteiger partial charge in [-0.15, -0.1) is 6.58 Å². The maximum absolute atomic E-state index is 12.9. The van der Waals surface area contributed by atoms with E-state index in [0.29, 0.717) is 12.8 Å². The first-order valence-corrected chi connectivity index (χ1v) is 9.37. The second-order valence-electron chi connectivity index (χ2n) is 7.86. The van der Waals surface area contributed by atoms with Crippen LogP contribution in [0.5, 0.6) is 0 Å². The lowest BCUT2D eigenvalue weighted by Crippen LogP contribution is -2.52. The fourth-order valence-corrected chi connectivity index (χ4v) is 3.01. The number of aliphatic hydroxyl groups excluding tert-OH is 1. The number of rotatable bonds is 9. The minimum absolute atomic E-state index is 0.0143. The first-order chi connectivity index (χ1) is 12.5. The number of alkyl carbamates (subject to hydrolysis) is 1. The Hall–Kier alpha value is -2.09. The van der Waals surface area contributed by atoms with E-state index in [1.807, 2.05) is 6.08 Å². The molecule has 1 rings (SSSR count). The number of allylic oxidation sites excluding steroid dienone is 1. The van der Waals surface area contributed by atoms with Crippen molar-refractivity contribution >= 4 is 18.0 Å². The smallest absolute Gasteiger partial charge is 0.408 e. The predicted octanol–water partition coefficient (Wildman–Crippen LogP) is 2.06. The Bertz CT molecular complexity index is 543. The van der Waals surface area contributed by atoms with Crippen LogP contribution in [0, 0.1) is 0 Å². The van der Waals surface area contributed by atoms with Crippen molar-refractivity contribution in [1.29, 1.82) is 0 Å². The molecule has 0 aromatic heterocycles. The second-order valence-corrected chi connectivity index (χ2v) is 7.86. The third kappa shape index (κ3) is 7.99. The zero-order valence-corrected chi connectivity index (χ0v) is 16.4. The van der Waals surface area contributed by atoms with E-state index in [4.69, 9.17) is 4.74 Å². The van der Waals surface area contributed by atoms with E-state index in [1.165, 1.54) is 0 Å². The standard InChI is InChI=1S/C19H32N2O6/c1-5-6-7-8-9-10-14(20-18(26)27-19(2,3)4)16(23)21-12-13(22)11-15(21)17(24)25/h5,13-15,22H,1,6-12H2,2-4H3,(H,20,26)(H,24,25)/t13-,14-,15?/m0/s1. The number of hydrogen-bond acceptors (Lipinski definition) is 5. The first-order valence-electron chi connectivity index (χ1n) is 9.37. The Labute approximate surface area is 160 Å². The van der Waals surface area contributed by atoms with Crippen LogP contribution in [0.2, 0.25) is 0 Å². The van der Waals surface area contributed by atoms with Crippen molar-refractivity contribution in [2.45, 2.75) is 83.1 Å². The molecule has 8 nitrogen and oxygen atoms in total. The molecule has 1 aliphatic rings. The zero-order valence-electron chi connectivity index (χ0n) is 16.4. The molecular weight excluding hydrogens is 352 g/mol. The molecule has 0 aliphatic carbocycles. The van der Waals surface area contributed by atoms with Crippen molar-refractivity contribution in [3.8, 4) is 0 Å². The van der Waals surface area contributed by atoms with Crippen LogP contribution in [0.15, 0.2) is 12.7 Å². The number of likely N-dealkylation sites (tertiary alicyclic amines) is 1. The topological polar surface area (TPSA) is 116 Å². The van der Waals surface area contributed by atoms with Gasteiger partial charge in [0.2, 0.25) is 5.91 Å². The fourth-order valence-electron chi connectivity index (χ4n) is 3.01. The first kappa shape index (κ1) is 23.0. The second kappa shape index (κ2) is 10.3. The lowest BCUT2D eigenvalue weighted by atomic mass is 10.1. The molecule has 0 saturated carbocycles. The van der Waals surface area contributed by atoms with Crippen LogP contribution in [0.25, 0.3) is 0 Å². The Morgan fingerprint density at radius 2 is 1.96 bits per heavy atom. The number of carboxylic acids is 1. The van der Waals surface area contributed by atoms with Crippen molar-refractivity contribution in [2.75, 3.05) is 6.54 Å². The minimum Gasteiger partial charge on any atom is -0.480 e. The third-order valence-electron chi connectivity index (χ3n) is 4.24. The van der Waals surface area contributed by atoms with E-state index in [2.05, 4.69) is 11.9 Å². The van der Waals surface area contributed by atoms with Gasteiger partial charge < -0.3 is 25.2 Å². The van der Waals surface area contributed by atoms with E-state index in [0.717, 1.165) is 24.2 Å². The quantitative estimate of drug-likeness (QED) is 0.414. The van der Waals surface area contributed by atoms with Crippen molar-refractivity contribution < 1.29 is 29.3 Å². The van der Waals surface area contributed by atoms with Gasteiger partial charge in [-0.25, -0.2) is 9.59 Å². The van der Waals surface area contributed by atoms with Crippen molar-refractivity contribution in [2.24, 2.45) is 0 Å². The summed E-state index contributed by atoms with van der Waals surface area (Å²) in [5.41, 5.74) is -0.713. The number of hydrogen-bond donors (Lipinski definition) is 3. The average molecular weight is 384 g/mol. The summed E-state index contributed by atoms with van der Waals surface area (Å²) in [5, 5.41) is 21.7. The molecule has 8 heteroatoms. The zero-order chi connectivity index (χ0) is 20.6. The molecule has 0 aromatic carbocycles. The lowest BCUT2D eigenvalue weighted by Gasteiger charge is -2.28. The molecular formula is C19H32N2O6. The maximum atomic E-state index is 12.9. The third-order valence-corrected chi connectivity index (χ3v) is 4.24. The van der Waals surface area contributed by atoms with E-state index >= 15 is 0 Å². The molecule has 1 heterocycles. The van der Waals surface area contributed by atoms with Gasteiger partial charge in [0.25, 0.3) is 0 Å². The van der Waals surface area contributed by atoms with E-state index in [9.17, 15) is 24.6 Å². The molecule has 3 N–H and O–H groups in total. The molecule has 3 atom stereocenters. The minimum atomic E-state index is -1.16. The van der Waals surface area contributed by atoms with Gasteiger partial charge in [0.15, 0.2) is 0 Å². The summed E-state index contributed by atoms with van der Waals surface area (Å²) >= 11 is 0. The molecule has 1 aliphatic heterocycles. The van der Waals surface area contributed by atoms with Crippen LogP contribution in [0.1, 0.15) is 59.3 Å². The summed E-state index contributed by atoms with van der Waals surface area (Å²) < 4.78 is 5.22. The van der Waals surface area contributed by atoms with Gasteiger partial charge in [-0.1, -0.05) is 18.9 Å². The summed E-state index contributed by atoms with van der Waals surface area (Å²) in [7, 11) is 0. The summed E-state index contributed by atoms with van der Waals surface area (Å²) in [4.78, 5) is 37.6. The molecule has 1 unspecified atom stereocenters. The van der Waals surface area contributed by atoms with Gasteiger partial charge >= 0.3 is 12.1 Å². The number of aliphatic carboxylic acids is 1. The number of nitrogens with zero attached hydrogens (tertiary/aromatic N) is 1. The van der Waals surface area contributed by atoms with Crippen LogP contribution >= 0.6 is 0 Å². The highest BCUT2D eigenvalue weighted by Gasteiger charge is 2.41. The number of ether oxygens (including phenoxy) is 1. The highest BCUT2D eigenvalue weighted by molar-refractivity contribution is 5.89. The number of carbonyl (C=O) groups is 3. The van der Waals surface area contributed by atoms with Crippen LogP contribution in [-0.4, -0.2) is 63.4 Å². The van der Waals surface area contributed by atoms with Crippen LogP contribution in [-0.2, 0) is 14.3 Å². The largest absolute Gasteiger partial charge is 0.480 e. The summed E-state index contributed by atoms with van der Waals surface area (Å²) in [6, 6.07) is -1.98. The SMILES string of the molecule is C=CCCCCC[C@H](NC(=O)OC(C)(C)C)C(=O)N1C[C@@H](O)CC1C(=O)O. The maximum Gasteiger partial charge on any atom is 0.408 e. The highest BCUT2D eigenvalue weighted by Crippen LogP contribution is 2.21. The number of β-amino-alcohol motifs (C(OH)–C–C–N with tert-alkyl or cyclic N) is 1. The van der Waals surface area contributed by atoms with Gasteiger partial charge in [-0.3, -0.25) is 4.79 Å². The van der Waals surface area contributed by atoms with Gasteiger partial charge in [-0.2, -0.15) is 0 Å². The molecule has 0 aromatic rings. The van der Waals surface area contributed by atoms with Crippen LogP contribution in [0.3, 0.4) is 0 Å². The molecule has 27 heavy (non-hydrogen) atoms. The fraction of sp³-hybridized carbons (Fsp3) is 0.737. The molecule has 0 spiro atoms. The van der Waals surface area contributed by atoms with E-state index in [1.54, 1.807) is 20.8 Å². The number of amides is 2. The van der Waals surface area contributed by atoms with Crippen molar-refractivity contribution in [1.82, 2.24) is 10.2 Å². The van der Waals surface area contributed by atoms with E-state index in [-0.39, 0.29) is 13.0 Å². The molecule has 0 radical (unpaired) electrons. The van der Waals surface area contributed by atoms with Gasteiger partial charge in [0.1, 0.15) is 17.7 Å². The van der Waals surface area contributed by atoms with Crippen LogP contribution < -0.4 is 5.32 Å². The Morgan fingerprint density at radius 3 is 2.52 bits per heavy atom. The number of unbranched alkanes of at least 4 members (excludes halogenated alkanes) is 3. The van der Waals surface area contributed by atoms with E-state index < -0.39 is 41.8 Å². The van der Waals surface area contributed by atoms with Crippen molar-refractivity contribution in [3.05, 3.63) is 12.7 Å². The van der Waals surface area contributed by atoms with Gasteiger partial charge in [-0.05, 0) is 40.0 Å². The van der Waals surface area contributed by atoms with Crippen molar-refractivity contribution in [3.63, 3.8) is 0 Å². The summed E-state index contributed by atoms with van der Waals surface area (Å²) in [6.07, 6.45) is 3.92. The number of aliphatic hydroxyl groups is 1. The molecule has 2 amide bonds. The summed E-state index contributed by atoms with van der Waals surface area (Å²) in [5.74, 6) is -1.67. The monoisotopic (exact) mass is 384 g/mol. The summed E-state index contributed by atoms with van der Waals surface area (Å²) in [6.45, 7) is 8.76. The molecule has 1 fully saturated rings. The average Bonchev–Trinajstić information content (AvgIpc) is 2.93. The number of carboxylic acid groups (broad SMARTS) is 1. The lowest BCUT2D eigenvalue weighted by molar-refractivity contribution is -0.149. The Kier molecular flexibility index (Phi) is 8.75. The molecule has 154 valence electrons. The molecule has 1 saturated heterocycles. The Balaban J connectivity index is 2.81. The van der Waals surface area contributed by atoms with Gasteiger partial charge in [0.05, 0.1) is 6.10 Å². The number of carbonyl (C=O) groups excluding carboxylic acids is 2. The predicted molar refractivity (Wildman–Crippen MR) is 100 cm³/mol. The highest BCUT2D eigenvalue weighted by atomic mass is 16.6.